The SMILES string of the molecule is CCOc1ccc(NS(=O)(=O)c2cc(C(=O)NCCc3ccccn3)ccc2Cl)cc1. The highest BCUT2D eigenvalue weighted by atomic mass is 35.5. The standard InChI is InChI=1S/C22H22ClN3O4S/c1-2-30-19-9-7-18(8-10-19)26-31(28,29)21-15-16(6-11-20(21)23)22(27)25-14-12-17-5-3-4-13-24-17/h3-11,13,15,26H,2,12,14H2,1H3,(H,25,27). The molecular formula is C22H22ClN3O4S. The van der Waals surface area contributed by atoms with Crippen LogP contribution >= 0.6 is 11.6 Å². The topological polar surface area (TPSA) is 97.4 Å². The normalized spacial score (nSPS) is 11.0. The van der Waals surface area contributed by atoms with Crippen molar-refractivity contribution in [1.82, 2.24) is 10.3 Å². The van der Waals surface area contributed by atoms with Gasteiger partial charge in [-0.2, -0.15) is 0 Å². The van der Waals surface area contributed by atoms with Crippen molar-refractivity contribution in [3.8, 4) is 5.75 Å². The number of benzene rings is 2. The van der Waals surface area contributed by atoms with E-state index in [4.69, 9.17) is 16.3 Å². The molecule has 0 aliphatic heterocycles. The second-order valence-electron chi connectivity index (χ2n) is 6.54. The summed E-state index contributed by atoms with van der Waals surface area (Å²) in [7, 11) is -4.00. The number of anilines is 1. The van der Waals surface area contributed by atoms with Gasteiger partial charge in [0.05, 0.1) is 11.6 Å². The third-order valence-corrected chi connectivity index (χ3v) is 6.16. The quantitative estimate of drug-likeness (QED) is 0.505. The maximum atomic E-state index is 12.8. The number of amides is 1. The van der Waals surface area contributed by atoms with E-state index in [9.17, 15) is 13.2 Å². The lowest BCUT2D eigenvalue weighted by Crippen LogP contribution is -2.26. The van der Waals surface area contributed by atoms with Crippen LogP contribution in [-0.4, -0.2) is 32.5 Å². The molecule has 31 heavy (non-hydrogen) atoms. The molecule has 0 aliphatic carbocycles. The number of sulfonamides is 1. The highest BCUT2D eigenvalue weighted by molar-refractivity contribution is 7.92. The zero-order valence-corrected chi connectivity index (χ0v) is 18.4. The van der Waals surface area contributed by atoms with Crippen molar-refractivity contribution >= 4 is 33.2 Å². The highest BCUT2D eigenvalue weighted by Gasteiger charge is 2.20. The Morgan fingerprint density at radius 1 is 1.10 bits per heavy atom. The molecule has 0 aliphatic rings. The van der Waals surface area contributed by atoms with Crippen LogP contribution < -0.4 is 14.8 Å². The Labute approximate surface area is 186 Å². The Morgan fingerprint density at radius 2 is 1.87 bits per heavy atom. The summed E-state index contributed by atoms with van der Waals surface area (Å²) in [5.41, 5.74) is 1.39. The molecule has 0 spiro atoms. The van der Waals surface area contributed by atoms with E-state index in [1.807, 2.05) is 25.1 Å². The van der Waals surface area contributed by atoms with Crippen molar-refractivity contribution in [3.63, 3.8) is 0 Å². The minimum atomic E-state index is -4.00. The van der Waals surface area contributed by atoms with Crippen molar-refractivity contribution in [3.05, 3.63) is 83.1 Å². The molecule has 9 heteroatoms. The fourth-order valence-corrected chi connectivity index (χ4v) is 4.38. The van der Waals surface area contributed by atoms with Gasteiger partial charge in [-0.1, -0.05) is 17.7 Å². The van der Waals surface area contributed by atoms with E-state index in [1.54, 1.807) is 30.5 Å². The monoisotopic (exact) mass is 459 g/mol. The zero-order chi connectivity index (χ0) is 22.3. The minimum absolute atomic E-state index is 0.0171. The second kappa shape index (κ2) is 10.3. The molecule has 1 heterocycles. The lowest BCUT2D eigenvalue weighted by molar-refractivity contribution is 0.0954. The molecule has 0 saturated heterocycles. The molecule has 1 aromatic heterocycles. The van der Waals surface area contributed by atoms with Crippen LogP contribution in [0, 0.1) is 0 Å². The van der Waals surface area contributed by atoms with E-state index in [-0.39, 0.29) is 15.5 Å². The Morgan fingerprint density at radius 3 is 2.55 bits per heavy atom. The van der Waals surface area contributed by atoms with Crippen LogP contribution in [0.5, 0.6) is 5.75 Å². The molecule has 162 valence electrons. The van der Waals surface area contributed by atoms with Gasteiger partial charge in [0.1, 0.15) is 10.6 Å². The van der Waals surface area contributed by atoms with Gasteiger partial charge < -0.3 is 10.1 Å². The number of hydrogen-bond donors (Lipinski definition) is 2. The van der Waals surface area contributed by atoms with Gasteiger partial charge in [-0.05, 0) is 61.5 Å². The number of carbonyl (C=O) groups excluding carboxylic acids is 1. The first-order chi connectivity index (χ1) is 14.9. The average Bonchev–Trinajstić information content (AvgIpc) is 2.76. The summed E-state index contributed by atoms with van der Waals surface area (Å²) >= 11 is 6.12. The van der Waals surface area contributed by atoms with Gasteiger partial charge in [0.2, 0.25) is 0 Å². The van der Waals surface area contributed by atoms with Crippen molar-refractivity contribution in [1.29, 1.82) is 0 Å². The largest absolute Gasteiger partial charge is 0.494 e. The number of ether oxygens (including phenoxy) is 1. The third kappa shape index (κ3) is 6.19. The van der Waals surface area contributed by atoms with E-state index in [0.717, 1.165) is 5.69 Å². The molecule has 0 bridgehead atoms. The number of rotatable bonds is 9. The molecule has 0 radical (unpaired) electrons. The molecule has 0 unspecified atom stereocenters. The van der Waals surface area contributed by atoms with Crippen molar-refractivity contribution in [2.24, 2.45) is 0 Å². The molecule has 7 nitrogen and oxygen atoms in total. The fourth-order valence-electron chi connectivity index (χ4n) is 2.80. The molecule has 0 saturated carbocycles. The summed E-state index contributed by atoms with van der Waals surface area (Å²) in [6, 6.07) is 16.2. The van der Waals surface area contributed by atoms with E-state index in [0.29, 0.717) is 31.0 Å². The number of carbonyl (C=O) groups is 1. The Bertz CT molecular complexity index is 1140. The number of pyridine rings is 1. The second-order valence-corrected chi connectivity index (χ2v) is 8.59. The van der Waals surface area contributed by atoms with Crippen LogP contribution in [-0.2, 0) is 16.4 Å². The maximum Gasteiger partial charge on any atom is 0.263 e. The number of nitrogens with zero attached hydrogens (tertiary/aromatic N) is 1. The lowest BCUT2D eigenvalue weighted by Gasteiger charge is -2.12. The van der Waals surface area contributed by atoms with Crippen LogP contribution in [0.2, 0.25) is 5.02 Å². The summed E-state index contributed by atoms with van der Waals surface area (Å²) < 4.78 is 33.5. The van der Waals surface area contributed by atoms with Crippen LogP contribution in [0.3, 0.4) is 0 Å². The summed E-state index contributed by atoms with van der Waals surface area (Å²) in [6.45, 7) is 2.74. The van der Waals surface area contributed by atoms with Gasteiger partial charge >= 0.3 is 0 Å². The Balaban J connectivity index is 1.70. The molecule has 3 aromatic rings. The lowest BCUT2D eigenvalue weighted by atomic mass is 10.2. The average molecular weight is 460 g/mol. The first kappa shape index (κ1) is 22.6. The van der Waals surface area contributed by atoms with E-state index in [1.165, 1.54) is 18.2 Å². The molecule has 2 aromatic carbocycles. The van der Waals surface area contributed by atoms with Crippen molar-refractivity contribution < 1.29 is 17.9 Å². The van der Waals surface area contributed by atoms with Crippen molar-refractivity contribution in [2.45, 2.75) is 18.2 Å². The summed E-state index contributed by atoms with van der Waals surface area (Å²) in [5.74, 6) is 0.234. The number of aromatic nitrogens is 1. The summed E-state index contributed by atoms with van der Waals surface area (Å²) in [5, 5.41) is 2.78. The molecular weight excluding hydrogens is 438 g/mol. The fraction of sp³-hybridized carbons (Fsp3) is 0.182. The third-order valence-electron chi connectivity index (χ3n) is 4.29. The van der Waals surface area contributed by atoms with Crippen LogP contribution in [0.1, 0.15) is 23.0 Å². The van der Waals surface area contributed by atoms with Crippen LogP contribution in [0.4, 0.5) is 5.69 Å². The molecule has 3 rings (SSSR count). The minimum Gasteiger partial charge on any atom is -0.494 e. The number of halogens is 1. The van der Waals surface area contributed by atoms with Crippen LogP contribution in [0.15, 0.2) is 71.8 Å². The van der Waals surface area contributed by atoms with Gasteiger partial charge in [0, 0.05) is 36.1 Å². The van der Waals surface area contributed by atoms with Gasteiger partial charge in [-0.3, -0.25) is 14.5 Å². The smallest absolute Gasteiger partial charge is 0.263 e. The molecule has 1 amide bonds. The van der Waals surface area contributed by atoms with Gasteiger partial charge in [0.15, 0.2) is 0 Å². The Hall–Kier alpha value is -3.10. The van der Waals surface area contributed by atoms with E-state index in [2.05, 4.69) is 15.0 Å². The van der Waals surface area contributed by atoms with Gasteiger partial charge in [-0.25, -0.2) is 8.42 Å². The highest BCUT2D eigenvalue weighted by Crippen LogP contribution is 2.26. The first-order valence-corrected chi connectivity index (χ1v) is 11.5. The predicted octanol–water partition coefficient (Wildman–Crippen LogP) is 3.91. The molecule has 2 N–H and O–H groups in total. The number of nitrogens with one attached hydrogen (secondary N) is 2. The molecule has 0 atom stereocenters. The summed E-state index contributed by atoms with van der Waals surface area (Å²) in [4.78, 5) is 16.5. The first-order valence-electron chi connectivity index (χ1n) is 9.62. The Kier molecular flexibility index (Phi) is 7.49. The van der Waals surface area contributed by atoms with E-state index < -0.39 is 15.9 Å². The maximum absolute atomic E-state index is 12.8. The van der Waals surface area contributed by atoms with Gasteiger partial charge in [0.25, 0.3) is 15.9 Å². The summed E-state index contributed by atoms with van der Waals surface area (Å²) in [6.07, 6.45) is 2.25. The van der Waals surface area contributed by atoms with Crippen LogP contribution in [0.25, 0.3) is 0 Å². The molecule has 0 fully saturated rings. The van der Waals surface area contributed by atoms with E-state index >= 15 is 0 Å². The van der Waals surface area contributed by atoms with Gasteiger partial charge in [-0.15, -0.1) is 0 Å². The zero-order valence-electron chi connectivity index (χ0n) is 16.8. The van der Waals surface area contributed by atoms with Crippen molar-refractivity contribution in [2.75, 3.05) is 17.9 Å². The number of hydrogen-bond acceptors (Lipinski definition) is 5. The predicted molar refractivity (Wildman–Crippen MR) is 120 cm³/mol.